The van der Waals surface area contributed by atoms with E-state index < -0.39 is 0 Å². The lowest BCUT2D eigenvalue weighted by Gasteiger charge is -2.15. The van der Waals surface area contributed by atoms with Crippen molar-refractivity contribution in [3.63, 3.8) is 0 Å². The maximum atomic E-state index is 12.7. The molecule has 124 valence electrons. The van der Waals surface area contributed by atoms with Gasteiger partial charge in [0.25, 0.3) is 11.5 Å². The number of rotatable bonds is 3. The van der Waals surface area contributed by atoms with Crippen molar-refractivity contribution in [2.24, 2.45) is 7.05 Å². The summed E-state index contributed by atoms with van der Waals surface area (Å²) in [4.78, 5) is 29.2. The minimum absolute atomic E-state index is 0.193. The van der Waals surface area contributed by atoms with Crippen LogP contribution in [0, 0.1) is 6.92 Å². The molecule has 3 aromatic rings. The van der Waals surface area contributed by atoms with Crippen LogP contribution in [-0.2, 0) is 7.05 Å². The van der Waals surface area contributed by atoms with Crippen LogP contribution in [-0.4, -0.2) is 20.7 Å². The molecule has 0 aliphatic carbocycles. The Hall–Kier alpha value is -2.41. The summed E-state index contributed by atoms with van der Waals surface area (Å²) in [5, 5.41) is 5.90. The number of aromatic amines is 1. The first-order valence-electron chi connectivity index (χ1n) is 7.49. The highest BCUT2D eigenvalue weighted by molar-refractivity contribution is 9.10. The molecule has 24 heavy (non-hydrogen) atoms. The third-order valence-electron chi connectivity index (χ3n) is 3.88. The van der Waals surface area contributed by atoms with Crippen LogP contribution >= 0.6 is 15.9 Å². The summed E-state index contributed by atoms with van der Waals surface area (Å²) in [7, 11) is 1.70. The van der Waals surface area contributed by atoms with Gasteiger partial charge in [0.2, 0.25) is 0 Å². The molecule has 7 heteroatoms. The Morgan fingerprint density at radius 3 is 2.83 bits per heavy atom. The van der Waals surface area contributed by atoms with Gasteiger partial charge in [-0.15, -0.1) is 0 Å². The third kappa shape index (κ3) is 2.99. The fourth-order valence-electron chi connectivity index (χ4n) is 2.70. The van der Waals surface area contributed by atoms with E-state index in [0.717, 1.165) is 10.0 Å². The number of nitrogens with one attached hydrogen (secondary N) is 2. The highest BCUT2D eigenvalue weighted by Gasteiger charge is 2.19. The van der Waals surface area contributed by atoms with Crippen LogP contribution < -0.4 is 10.9 Å². The molecular weight excluding hydrogens is 372 g/mol. The van der Waals surface area contributed by atoms with Crippen LogP contribution in [0.3, 0.4) is 0 Å². The number of aryl methyl sites for hydroxylation is 2. The van der Waals surface area contributed by atoms with E-state index in [1.807, 2.05) is 31.2 Å². The molecule has 0 saturated carbocycles. The maximum Gasteiger partial charge on any atom is 0.274 e. The molecule has 2 N–H and O–H groups in total. The van der Waals surface area contributed by atoms with Crippen molar-refractivity contribution in [3.8, 4) is 0 Å². The Bertz CT molecular complexity index is 990. The summed E-state index contributed by atoms with van der Waals surface area (Å²) < 4.78 is 2.47. The van der Waals surface area contributed by atoms with E-state index in [9.17, 15) is 9.59 Å². The van der Waals surface area contributed by atoms with Crippen LogP contribution in [0.5, 0.6) is 0 Å². The Kier molecular flexibility index (Phi) is 4.28. The van der Waals surface area contributed by atoms with Gasteiger partial charge >= 0.3 is 0 Å². The van der Waals surface area contributed by atoms with E-state index in [1.54, 1.807) is 20.0 Å². The van der Waals surface area contributed by atoms with E-state index in [-0.39, 0.29) is 17.5 Å². The van der Waals surface area contributed by atoms with Crippen LogP contribution in [0.25, 0.3) is 11.0 Å². The van der Waals surface area contributed by atoms with Crippen molar-refractivity contribution in [1.29, 1.82) is 0 Å². The molecule has 1 aromatic carbocycles. The molecule has 2 heterocycles. The van der Waals surface area contributed by atoms with Crippen LogP contribution in [0.15, 0.2) is 39.6 Å². The summed E-state index contributed by atoms with van der Waals surface area (Å²) in [6.07, 6.45) is 0. The average Bonchev–Trinajstić information content (AvgIpc) is 2.81. The van der Waals surface area contributed by atoms with Crippen LogP contribution in [0.2, 0.25) is 0 Å². The second-order valence-corrected chi connectivity index (χ2v) is 6.68. The standard InChI is InChI=1S/C17H17BrN4O2/c1-9-7-13(14-15(19-9)22(3)21-17(14)24)16(23)20-10(2)11-5-4-6-12(18)8-11/h4-8,10H,1-3H3,(H,20,23)(H,21,24)/t10-/m1/s1. The SMILES string of the molecule is Cc1cc(C(=O)N[C@H](C)c2cccc(Br)c2)c2c(=O)[nH]n(C)c2n1. The highest BCUT2D eigenvalue weighted by atomic mass is 79.9. The number of halogens is 1. The van der Waals surface area contributed by atoms with Crippen molar-refractivity contribution in [2.75, 3.05) is 0 Å². The smallest absolute Gasteiger partial charge is 0.274 e. The van der Waals surface area contributed by atoms with Crippen molar-refractivity contribution in [1.82, 2.24) is 20.1 Å². The number of hydrogen-bond donors (Lipinski definition) is 2. The first kappa shape index (κ1) is 16.4. The highest BCUT2D eigenvalue weighted by Crippen LogP contribution is 2.20. The molecule has 6 nitrogen and oxygen atoms in total. The molecule has 3 rings (SSSR count). The van der Waals surface area contributed by atoms with Crippen molar-refractivity contribution >= 4 is 32.9 Å². The van der Waals surface area contributed by atoms with Gasteiger partial charge in [-0.2, -0.15) is 0 Å². The number of fused-ring (bicyclic) bond motifs is 1. The number of aromatic nitrogens is 3. The Balaban J connectivity index is 1.99. The summed E-state index contributed by atoms with van der Waals surface area (Å²) in [6, 6.07) is 9.18. The molecule has 0 aliphatic heterocycles. The van der Waals surface area contributed by atoms with Gasteiger partial charge < -0.3 is 5.32 Å². The minimum atomic E-state index is -0.319. The molecule has 2 aromatic heterocycles. The fourth-order valence-corrected chi connectivity index (χ4v) is 3.11. The van der Waals surface area contributed by atoms with Gasteiger partial charge in [0.15, 0.2) is 5.65 Å². The third-order valence-corrected chi connectivity index (χ3v) is 4.38. The molecule has 0 spiro atoms. The van der Waals surface area contributed by atoms with Crippen molar-refractivity contribution in [2.45, 2.75) is 19.9 Å². The lowest BCUT2D eigenvalue weighted by molar-refractivity contribution is 0.0941. The number of nitrogens with zero attached hydrogens (tertiary/aromatic N) is 2. The summed E-state index contributed by atoms with van der Waals surface area (Å²) in [6.45, 7) is 3.70. The van der Waals surface area contributed by atoms with Gasteiger partial charge in [0, 0.05) is 17.2 Å². The number of carbonyl (C=O) groups excluding carboxylic acids is 1. The molecule has 0 saturated heterocycles. The Morgan fingerprint density at radius 2 is 2.12 bits per heavy atom. The summed E-state index contributed by atoms with van der Waals surface area (Å²) >= 11 is 3.43. The molecule has 0 aliphatic rings. The molecular formula is C17H17BrN4O2. The zero-order valence-electron chi connectivity index (χ0n) is 13.6. The van der Waals surface area contributed by atoms with E-state index in [4.69, 9.17) is 0 Å². The number of amides is 1. The topological polar surface area (TPSA) is 79.8 Å². The van der Waals surface area contributed by atoms with Gasteiger partial charge in [0.1, 0.15) is 0 Å². The number of benzene rings is 1. The van der Waals surface area contributed by atoms with Gasteiger partial charge in [0.05, 0.1) is 17.0 Å². The summed E-state index contributed by atoms with van der Waals surface area (Å²) in [5.41, 5.74) is 2.14. The number of carbonyl (C=O) groups is 1. The van der Waals surface area contributed by atoms with Crippen molar-refractivity contribution < 1.29 is 4.79 Å². The quantitative estimate of drug-likeness (QED) is 0.723. The van der Waals surface area contributed by atoms with Gasteiger partial charge in [-0.25, -0.2) is 4.98 Å². The Labute approximate surface area is 147 Å². The average molecular weight is 389 g/mol. The first-order chi connectivity index (χ1) is 11.4. The predicted octanol–water partition coefficient (Wildman–Crippen LogP) is 2.82. The normalized spacial score (nSPS) is 12.3. The second-order valence-electron chi connectivity index (χ2n) is 5.76. The largest absolute Gasteiger partial charge is 0.345 e. The zero-order chi connectivity index (χ0) is 17.4. The van der Waals surface area contributed by atoms with E-state index >= 15 is 0 Å². The van der Waals surface area contributed by atoms with Crippen LogP contribution in [0.4, 0.5) is 0 Å². The van der Waals surface area contributed by atoms with Gasteiger partial charge in [-0.3, -0.25) is 19.4 Å². The first-order valence-corrected chi connectivity index (χ1v) is 8.29. The number of H-pyrrole nitrogens is 1. The fraction of sp³-hybridized carbons (Fsp3) is 0.235. The summed E-state index contributed by atoms with van der Waals surface area (Å²) in [5.74, 6) is -0.297. The second kappa shape index (κ2) is 6.24. The monoisotopic (exact) mass is 388 g/mol. The molecule has 1 amide bonds. The maximum absolute atomic E-state index is 12.7. The van der Waals surface area contributed by atoms with Crippen molar-refractivity contribution in [3.05, 3.63) is 62.0 Å². The number of hydrogen-bond acceptors (Lipinski definition) is 3. The van der Waals surface area contributed by atoms with Crippen LogP contribution in [0.1, 0.15) is 34.6 Å². The lowest BCUT2D eigenvalue weighted by atomic mass is 10.1. The van der Waals surface area contributed by atoms with E-state index in [1.165, 1.54) is 4.68 Å². The number of pyridine rings is 1. The molecule has 0 unspecified atom stereocenters. The van der Waals surface area contributed by atoms with E-state index in [0.29, 0.717) is 22.3 Å². The lowest BCUT2D eigenvalue weighted by Crippen LogP contribution is -2.27. The molecule has 1 atom stereocenters. The minimum Gasteiger partial charge on any atom is -0.345 e. The Morgan fingerprint density at radius 1 is 1.38 bits per heavy atom. The predicted molar refractivity (Wildman–Crippen MR) is 96.1 cm³/mol. The zero-order valence-corrected chi connectivity index (χ0v) is 15.1. The molecule has 0 fully saturated rings. The van der Waals surface area contributed by atoms with Gasteiger partial charge in [-0.1, -0.05) is 28.1 Å². The molecule has 0 radical (unpaired) electrons. The molecule has 0 bridgehead atoms. The van der Waals surface area contributed by atoms with E-state index in [2.05, 4.69) is 31.3 Å². The van der Waals surface area contributed by atoms with Gasteiger partial charge in [-0.05, 0) is 37.6 Å².